The molecule has 6 heteroatoms. The number of nitrogens with one attached hydrogen (secondary N) is 2. The number of carbonyl (C=O) groups excluding carboxylic acids is 1. The van der Waals surface area contributed by atoms with E-state index in [1.807, 2.05) is 43.3 Å². The average Bonchev–Trinajstić information content (AvgIpc) is 2.69. The van der Waals surface area contributed by atoms with Gasteiger partial charge in [-0.3, -0.25) is 9.79 Å². The first-order chi connectivity index (χ1) is 13.4. The van der Waals surface area contributed by atoms with Crippen molar-refractivity contribution < 1.29 is 9.18 Å². The van der Waals surface area contributed by atoms with Crippen molar-refractivity contribution in [3.05, 3.63) is 71.0 Å². The van der Waals surface area contributed by atoms with Gasteiger partial charge in [0.25, 0.3) is 0 Å². The first kappa shape index (κ1) is 21.4. The Hall–Kier alpha value is -2.89. The molecule has 28 heavy (non-hydrogen) atoms. The molecular weight excluding hydrogens is 355 g/mol. The maximum atomic E-state index is 13.8. The Kier molecular flexibility index (Phi) is 7.99. The number of hydrogen-bond acceptors (Lipinski definition) is 2. The van der Waals surface area contributed by atoms with E-state index in [1.54, 1.807) is 32.0 Å². The van der Waals surface area contributed by atoms with Crippen LogP contribution in [0, 0.1) is 12.7 Å². The molecule has 0 saturated heterocycles. The van der Waals surface area contributed by atoms with Gasteiger partial charge in [0.1, 0.15) is 5.82 Å². The topological polar surface area (TPSA) is 56.7 Å². The third kappa shape index (κ3) is 6.37. The Morgan fingerprint density at radius 2 is 1.93 bits per heavy atom. The summed E-state index contributed by atoms with van der Waals surface area (Å²) in [6.07, 6.45) is 0.359. The molecule has 2 aromatic rings. The molecule has 1 unspecified atom stereocenters. The van der Waals surface area contributed by atoms with Crippen LogP contribution >= 0.6 is 0 Å². The molecule has 0 aliphatic rings. The Morgan fingerprint density at radius 3 is 2.57 bits per heavy atom. The smallest absolute Gasteiger partial charge is 0.224 e. The number of nitrogens with zero attached hydrogens (tertiary/aromatic N) is 2. The lowest BCUT2D eigenvalue weighted by Gasteiger charge is -2.20. The molecule has 2 N–H and O–H groups in total. The predicted octanol–water partition coefficient (Wildman–Crippen LogP) is 3.41. The molecule has 0 fully saturated rings. The van der Waals surface area contributed by atoms with Crippen LogP contribution in [0.5, 0.6) is 0 Å². The monoisotopic (exact) mass is 384 g/mol. The molecule has 0 aromatic heterocycles. The van der Waals surface area contributed by atoms with E-state index in [2.05, 4.69) is 15.6 Å². The van der Waals surface area contributed by atoms with Crippen molar-refractivity contribution in [1.82, 2.24) is 15.5 Å². The van der Waals surface area contributed by atoms with Crippen LogP contribution in [0.15, 0.2) is 53.5 Å². The van der Waals surface area contributed by atoms with Gasteiger partial charge in [-0.15, -0.1) is 0 Å². The zero-order valence-electron chi connectivity index (χ0n) is 17.0. The number of aryl methyl sites for hydroxylation is 1. The maximum Gasteiger partial charge on any atom is 0.224 e. The van der Waals surface area contributed by atoms with E-state index in [0.29, 0.717) is 31.0 Å². The molecular formula is C22H29FN4O. The van der Waals surface area contributed by atoms with Crippen molar-refractivity contribution in [2.24, 2.45) is 4.99 Å². The second kappa shape index (κ2) is 10.4. The Balaban J connectivity index is 1.79. The standard InChI is InChI=1S/C22H29FN4O/c1-16-10-11-19(14-20(16)23)17(2)26-22(24-3)25-13-12-21(28)27(4)15-18-8-6-5-7-9-18/h5-11,14,17H,12-13,15H2,1-4H3,(H2,24,25,26). The number of rotatable bonds is 7. The van der Waals surface area contributed by atoms with Crippen molar-refractivity contribution in [1.29, 1.82) is 0 Å². The molecule has 150 valence electrons. The summed E-state index contributed by atoms with van der Waals surface area (Å²) in [4.78, 5) is 18.2. The summed E-state index contributed by atoms with van der Waals surface area (Å²) in [7, 11) is 3.47. The lowest BCUT2D eigenvalue weighted by molar-refractivity contribution is -0.130. The number of benzene rings is 2. The molecule has 0 radical (unpaired) electrons. The van der Waals surface area contributed by atoms with Gasteiger partial charge in [0.2, 0.25) is 5.91 Å². The molecule has 2 aromatic carbocycles. The van der Waals surface area contributed by atoms with Gasteiger partial charge >= 0.3 is 0 Å². The summed E-state index contributed by atoms with van der Waals surface area (Å²) >= 11 is 0. The summed E-state index contributed by atoms with van der Waals surface area (Å²) in [5.41, 5.74) is 2.56. The highest BCUT2D eigenvalue weighted by atomic mass is 19.1. The number of guanidine groups is 1. The van der Waals surface area contributed by atoms with Gasteiger partial charge in [-0.2, -0.15) is 0 Å². The summed E-state index contributed by atoms with van der Waals surface area (Å²) < 4.78 is 13.8. The molecule has 0 heterocycles. The van der Waals surface area contributed by atoms with E-state index in [4.69, 9.17) is 0 Å². The molecule has 2 rings (SSSR count). The number of aliphatic imine (C=N–C) groups is 1. The first-order valence-electron chi connectivity index (χ1n) is 9.42. The molecule has 0 saturated carbocycles. The minimum atomic E-state index is -0.221. The third-order valence-corrected chi connectivity index (χ3v) is 4.59. The fourth-order valence-corrected chi connectivity index (χ4v) is 2.79. The Morgan fingerprint density at radius 1 is 1.21 bits per heavy atom. The summed E-state index contributed by atoms with van der Waals surface area (Å²) in [6, 6.07) is 15.0. The van der Waals surface area contributed by atoms with Gasteiger partial charge < -0.3 is 15.5 Å². The van der Waals surface area contributed by atoms with E-state index in [1.165, 1.54) is 6.07 Å². The minimum Gasteiger partial charge on any atom is -0.356 e. The quantitative estimate of drug-likeness (QED) is 0.568. The summed E-state index contributed by atoms with van der Waals surface area (Å²) in [6.45, 7) is 4.73. The molecule has 1 atom stereocenters. The van der Waals surface area contributed by atoms with Crippen LogP contribution in [0.25, 0.3) is 0 Å². The Bertz CT molecular complexity index is 807. The van der Waals surface area contributed by atoms with Gasteiger partial charge in [0.15, 0.2) is 5.96 Å². The predicted molar refractivity (Wildman–Crippen MR) is 112 cm³/mol. The molecule has 1 amide bonds. The van der Waals surface area contributed by atoms with Gasteiger partial charge in [0.05, 0.1) is 6.04 Å². The van der Waals surface area contributed by atoms with Crippen LogP contribution in [0.3, 0.4) is 0 Å². The summed E-state index contributed by atoms with van der Waals surface area (Å²) in [5.74, 6) is 0.411. The molecule has 0 spiro atoms. The van der Waals surface area contributed by atoms with Crippen molar-refractivity contribution in [2.45, 2.75) is 32.9 Å². The molecule has 0 bridgehead atoms. The SMILES string of the molecule is CN=C(NCCC(=O)N(C)Cc1ccccc1)NC(C)c1ccc(C)c(F)c1. The average molecular weight is 384 g/mol. The van der Waals surface area contributed by atoms with Crippen LogP contribution in [0.2, 0.25) is 0 Å². The van der Waals surface area contributed by atoms with Crippen LogP contribution < -0.4 is 10.6 Å². The van der Waals surface area contributed by atoms with Crippen LogP contribution in [-0.2, 0) is 11.3 Å². The zero-order valence-corrected chi connectivity index (χ0v) is 17.0. The van der Waals surface area contributed by atoms with Crippen molar-refractivity contribution in [3.63, 3.8) is 0 Å². The van der Waals surface area contributed by atoms with Gasteiger partial charge in [0, 0.05) is 33.6 Å². The van der Waals surface area contributed by atoms with Crippen molar-refractivity contribution in [2.75, 3.05) is 20.6 Å². The zero-order chi connectivity index (χ0) is 20.5. The minimum absolute atomic E-state index is 0.0560. The number of carbonyl (C=O) groups is 1. The number of hydrogen-bond donors (Lipinski definition) is 2. The van der Waals surface area contributed by atoms with Gasteiger partial charge in [-0.05, 0) is 36.6 Å². The van der Waals surface area contributed by atoms with E-state index in [-0.39, 0.29) is 17.8 Å². The fraction of sp³-hybridized carbons (Fsp3) is 0.364. The van der Waals surface area contributed by atoms with Gasteiger partial charge in [-0.25, -0.2) is 4.39 Å². The third-order valence-electron chi connectivity index (χ3n) is 4.59. The number of amides is 1. The van der Waals surface area contributed by atoms with Crippen molar-refractivity contribution in [3.8, 4) is 0 Å². The van der Waals surface area contributed by atoms with E-state index < -0.39 is 0 Å². The van der Waals surface area contributed by atoms with Gasteiger partial charge in [-0.1, -0.05) is 42.5 Å². The van der Waals surface area contributed by atoms with Crippen LogP contribution in [0.1, 0.15) is 36.1 Å². The molecule has 0 aliphatic carbocycles. The largest absolute Gasteiger partial charge is 0.356 e. The second-order valence-corrected chi connectivity index (χ2v) is 6.86. The summed E-state index contributed by atoms with van der Waals surface area (Å²) in [5, 5.41) is 6.36. The molecule has 5 nitrogen and oxygen atoms in total. The fourth-order valence-electron chi connectivity index (χ4n) is 2.79. The van der Waals surface area contributed by atoms with E-state index in [9.17, 15) is 9.18 Å². The lowest BCUT2D eigenvalue weighted by atomic mass is 10.1. The normalized spacial score (nSPS) is 12.4. The van der Waals surface area contributed by atoms with Crippen LogP contribution in [-0.4, -0.2) is 37.4 Å². The number of halogens is 1. The maximum absolute atomic E-state index is 13.8. The first-order valence-corrected chi connectivity index (χ1v) is 9.42. The van der Waals surface area contributed by atoms with Crippen LogP contribution in [0.4, 0.5) is 4.39 Å². The highest BCUT2D eigenvalue weighted by molar-refractivity contribution is 5.81. The highest BCUT2D eigenvalue weighted by Crippen LogP contribution is 2.16. The van der Waals surface area contributed by atoms with Crippen molar-refractivity contribution >= 4 is 11.9 Å². The molecule has 0 aliphatic heterocycles. The lowest BCUT2D eigenvalue weighted by Crippen LogP contribution is -2.40. The second-order valence-electron chi connectivity index (χ2n) is 6.86. The highest BCUT2D eigenvalue weighted by Gasteiger charge is 2.12. The Labute approximate surface area is 166 Å². The van der Waals surface area contributed by atoms with E-state index >= 15 is 0 Å². The van der Waals surface area contributed by atoms with E-state index in [0.717, 1.165) is 11.1 Å².